The van der Waals surface area contributed by atoms with Gasteiger partial charge in [0.2, 0.25) is 0 Å². The first kappa shape index (κ1) is 11.2. The lowest BCUT2D eigenvalue weighted by atomic mass is 10.2. The molecule has 0 bridgehead atoms. The first-order valence-electron chi connectivity index (χ1n) is 5.41. The molecule has 3 nitrogen and oxygen atoms in total. The van der Waals surface area contributed by atoms with E-state index in [-0.39, 0.29) is 0 Å². The molecule has 2 aromatic rings. The average molecular weight is 223 g/mol. The van der Waals surface area contributed by atoms with Gasteiger partial charge in [0.15, 0.2) is 0 Å². The van der Waals surface area contributed by atoms with Gasteiger partial charge >= 0.3 is 0 Å². The molecule has 0 N–H and O–H groups in total. The van der Waals surface area contributed by atoms with Crippen molar-refractivity contribution in [1.29, 1.82) is 5.26 Å². The van der Waals surface area contributed by atoms with E-state index in [0.29, 0.717) is 5.69 Å². The number of hydrogen-bond donors (Lipinski definition) is 0. The molecule has 1 aromatic heterocycles. The number of nitriles is 1. The minimum atomic E-state index is 0.462. The lowest BCUT2D eigenvalue weighted by molar-refractivity contribution is 0.918. The molecule has 0 saturated carbocycles. The zero-order valence-corrected chi connectivity index (χ0v) is 9.67. The predicted molar refractivity (Wildman–Crippen MR) is 67.5 cm³/mol. The van der Waals surface area contributed by atoms with Gasteiger partial charge in [0.05, 0.1) is 0 Å². The van der Waals surface area contributed by atoms with Crippen molar-refractivity contribution in [2.24, 2.45) is 0 Å². The molecule has 0 atom stereocenters. The molecule has 0 fully saturated rings. The highest BCUT2D eigenvalue weighted by molar-refractivity contribution is 5.45. The van der Waals surface area contributed by atoms with Crippen LogP contribution in [0.15, 0.2) is 48.7 Å². The largest absolute Gasteiger partial charge is 0.370 e. The number of benzene rings is 1. The summed E-state index contributed by atoms with van der Waals surface area (Å²) in [5.41, 5.74) is 2.70. The summed E-state index contributed by atoms with van der Waals surface area (Å²) >= 11 is 0. The van der Waals surface area contributed by atoms with E-state index >= 15 is 0 Å². The van der Waals surface area contributed by atoms with Crippen molar-refractivity contribution in [3.05, 3.63) is 59.9 Å². The fourth-order valence-corrected chi connectivity index (χ4v) is 1.68. The molecule has 0 saturated heterocycles. The molecule has 0 spiro atoms. The summed E-state index contributed by atoms with van der Waals surface area (Å²) in [5, 5.41) is 8.79. The van der Waals surface area contributed by atoms with E-state index in [1.54, 1.807) is 6.20 Å². The van der Waals surface area contributed by atoms with Crippen molar-refractivity contribution in [2.75, 3.05) is 11.9 Å². The number of pyridine rings is 1. The van der Waals surface area contributed by atoms with Crippen molar-refractivity contribution >= 4 is 5.69 Å². The van der Waals surface area contributed by atoms with E-state index in [1.807, 2.05) is 37.4 Å². The summed E-state index contributed by atoms with van der Waals surface area (Å²) in [6.45, 7) is 0.765. The van der Waals surface area contributed by atoms with Gasteiger partial charge in [-0.3, -0.25) is 0 Å². The van der Waals surface area contributed by atoms with Crippen LogP contribution < -0.4 is 4.90 Å². The second kappa shape index (κ2) is 5.13. The summed E-state index contributed by atoms with van der Waals surface area (Å²) in [4.78, 5) is 6.09. The van der Waals surface area contributed by atoms with Crippen LogP contribution >= 0.6 is 0 Å². The van der Waals surface area contributed by atoms with Crippen molar-refractivity contribution in [1.82, 2.24) is 4.98 Å². The van der Waals surface area contributed by atoms with Crippen LogP contribution in [-0.2, 0) is 6.54 Å². The molecular formula is C14H13N3. The Hall–Kier alpha value is -2.34. The minimum absolute atomic E-state index is 0.462. The van der Waals surface area contributed by atoms with E-state index in [9.17, 15) is 0 Å². The smallest absolute Gasteiger partial charge is 0.140 e. The third-order valence-electron chi connectivity index (χ3n) is 2.56. The number of rotatable bonds is 3. The monoisotopic (exact) mass is 223 g/mol. The van der Waals surface area contributed by atoms with Gasteiger partial charge in [-0.25, -0.2) is 4.98 Å². The molecule has 1 heterocycles. The molecular weight excluding hydrogens is 210 g/mol. The number of hydrogen-bond acceptors (Lipinski definition) is 3. The van der Waals surface area contributed by atoms with Crippen LogP contribution in [0, 0.1) is 11.3 Å². The minimum Gasteiger partial charge on any atom is -0.370 e. The quantitative estimate of drug-likeness (QED) is 0.803. The van der Waals surface area contributed by atoms with Crippen LogP contribution in [0.2, 0.25) is 0 Å². The highest BCUT2D eigenvalue weighted by atomic mass is 15.1. The number of anilines is 1. The topological polar surface area (TPSA) is 39.9 Å². The second-order valence-corrected chi connectivity index (χ2v) is 3.85. The SMILES string of the molecule is CN(Cc1ccnc(C#N)c1)c1ccccc1. The molecule has 0 aliphatic carbocycles. The summed E-state index contributed by atoms with van der Waals surface area (Å²) < 4.78 is 0. The van der Waals surface area contributed by atoms with Gasteiger partial charge < -0.3 is 4.90 Å². The van der Waals surface area contributed by atoms with Gasteiger partial charge in [-0.15, -0.1) is 0 Å². The van der Waals surface area contributed by atoms with Crippen LogP contribution in [-0.4, -0.2) is 12.0 Å². The number of aromatic nitrogens is 1. The van der Waals surface area contributed by atoms with Gasteiger partial charge in [-0.1, -0.05) is 18.2 Å². The first-order chi connectivity index (χ1) is 8.29. The van der Waals surface area contributed by atoms with Crippen molar-refractivity contribution in [3.8, 4) is 6.07 Å². The van der Waals surface area contributed by atoms with Crippen molar-refractivity contribution in [2.45, 2.75) is 6.54 Å². The van der Waals surface area contributed by atoms with Gasteiger partial charge in [-0.05, 0) is 29.8 Å². The molecule has 3 heteroatoms. The molecule has 1 aromatic carbocycles. The summed E-state index contributed by atoms with van der Waals surface area (Å²) in [5.74, 6) is 0. The normalized spacial score (nSPS) is 9.65. The Kier molecular flexibility index (Phi) is 3.37. The van der Waals surface area contributed by atoms with Crippen LogP contribution in [0.3, 0.4) is 0 Å². The zero-order chi connectivity index (χ0) is 12.1. The Morgan fingerprint density at radius 3 is 2.71 bits per heavy atom. The molecule has 0 amide bonds. The molecule has 2 rings (SSSR count). The first-order valence-corrected chi connectivity index (χ1v) is 5.41. The third-order valence-corrected chi connectivity index (χ3v) is 2.56. The average Bonchev–Trinajstić information content (AvgIpc) is 2.40. The maximum Gasteiger partial charge on any atom is 0.140 e. The molecule has 0 unspecified atom stereocenters. The van der Waals surface area contributed by atoms with E-state index < -0.39 is 0 Å². The van der Waals surface area contributed by atoms with Crippen LogP contribution in [0.25, 0.3) is 0 Å². The predicted octanol–water partition coefficient (Wildman–Crippen LogP) is 2.59. The van der Waals surface area contributed by atoms with E-state index in [2.05, 4.69) is 28.1 Å². The Balaban J connectivity index is 2.13. The molecule has 0 aliphatic rings. The summed E-state index contributed by atoms with van der Waals surface area (Å²) in [6, 6.07) is 15.9. The van der Waals surface area contributed by atoms with Gasteiger partial charge in [-0.2, -0.15) is 5.26 Å². The summed E-state index contributed by atoms with van der Waals surface area (Å²) in [7, 11) is 2.03. The molecule has 0 radical (unpaired) electrons. The van der Waals surface area contributed by atoms with E-state index in [4.69, 9.17) is 5.26 Å². The van der Waals surface area contributed by atoms with Crippen molar-refractivity contribution in [3.63, 3.8) is 0 Å². The molecule has 84 valence electrons. The third kappa shape index (κ3) is 2.82. The van der Waals surface area contributed by atoms with E-state index in [0.717, 1.165) is 17.8 Å². The Morgan fingerprint density at radius 2 is 2.00 bits per heavy atom. The van der Waals surface area contributed by atoms with Gasteiger partial charge in [0.1, 0.15) is 11.8 Å². The van der Waals surface area contributed by atoms with Gasteiger partial charge in [0, 0.05) is 25.5 Å². The van der Waals surface area contributed by atoms with Crippen molar-refractivity contribution < 1.29 is 0 Å². The number of nitrogens with zero attached hydrogens (tertiary/aromatic N) is 3. The maximum atomic E-state index is 8.79. The number of para-hydroxylation sites is 1. The maximum absolute atomic E-state index is 8.79. The fourth-order valence-electron chi connectivity index (χ4n) is 1.68. The van der Waals surface area contributed by atoms with Gasteiger partial charge in [0.25, 0.3) is 0 Å². The van der Waals surface area contributed by atoms with E-state index in [1.165, 1.54) is 0 Å². The Bertz CT molecular complexity index is 529. The lowest BCUT2D eigenvalue weighted by Crippen LogP contribution is -2.16. The molecule has 0 aliphatic heterocycles. The standard InChI is InChI=1S/C14H13N3/c1-17(14-5-3-2-4-6-14)11-12-7-8-16-13(9-12)10-15/h2-9H,11H2,1H3. The second-order valence-electron chi connectivity index (χ2n) is 3.85. The van der Waals surface area contributed by atoms with Crippen LogP contribution in [0.4, 0.5) is 5.69 Å². The highest BCUT2D eigenvalue weighted by Crippen LogP contribution is 2.14. The summed E-state index contributed by atoms with van der Waals surface area (Å²) in [6.07, 6.45) is 1.67. The fraction of sp³-hybridized carbons (Fsp3) is 0.143. The zero-order valence-electron chi connectivity index (χ0n) is 9.67. The Labute approximate surface area is 101 Å². The molecule has 17 heavy (non-hydrogen) atoms. The van der Waals surface area contributed by atoms with Crippen LogP contribution in [0.1, 0.15) is 11.3 Å². The lowest BCUT2D eigenvalue weighted by Gasteiger charge is -2.19. The highest BCUT2D eigenvalue weighted by Gasteiger charge is 2.02. The van der Waals surface area contributed by atoms with Crippen LogP contribution in [0.5, 0.6) is 0 Å². The Morgan fingerprint density at radius 1 is 1.24 bits per heavy atom.